The highest BCUT2D eigenvalue weighted by Gasteiger charge is 2.49. The number of amidine groups is 1. The van der Waals surface area contributed by atoms with E-state index in [1.807, 2.05) is 30.9 Å². The SMILES string of the molecule is CCCCc1ccc(N2C(=NC(=O)C(CC)CC)SC3CS(=O)(=O)CC32)cc1. The molecule has 2 aliphatic rings. The lowest BCUT2D eigenvalue weighted by molar-refractivity contribution is -0.121. The van der Waals surface area contributed by atoms with Crippen molar-refractivity contribution in [3.8, 4) is 0 Å². The third-order valence-electron chi connectivity index (χ3n) is 5.64. The minimum Gasteiger partial charge on any atom is -0.316 e. The van der Waals surface area contributed by atoms with Gasteiger partial charge in [-0.05, 0) is 43.4 Å². The molecule has 0 aromatic heterocycles. The van der Waals surface area contributed by atoms with Crippen molar-refractivity contribution >= 4 is 38.4 Å². The third kappa shape index (κ3) is 4.62. The zero-order valence-electron chi connectivity index (χ0n) is 16.9. The number of unbranched alkanes of at least 4 members (excludes halogenated alkanes) is 1. The van der Waals surface area contributed by atoms with Gasteiger partial charge in [-0.25, -0.2) is 8.42 Å². The summed E-state index contributed by atoms with van der Waals surface area (Å²) in [7, 11) is -3.05. The maximum Gasteiger partial charge on any atom is 0.251 e. The number of thioether (sulfide) groups is 1. The molecule has 0 spiro atoms. The van der Waals surface area contributed by atoms with Crippen molar-refractivity contribution in [2.45, 2.75) is 64.2 Å². The number of nitrogens with zero attached hydrogens (tertiary/aromatic N) is 2. The van der Waals surface area contributed by atoms with Gasteiger partial charge >= 0.3 is 0 Å². The zero-order chi connectivity index (χ0) is 20.3. The van der Waals surface area contributed by atoms with Gasteiger partial charge in [0.25, 0.3) is 5.91 Å². The van der Waals surface area contributed by atoms with E-state index in [9.17, 15) is 13.2 Å². The summed E-state index contributed by atoms with van der Waals surface area (Å²) in [5, 5.41) is 0.598. The lowest BCUT2D eigenvalue weighted by Crippen LogP contribution is -2.37. The number of sulfone groups is 1. The van der Waals surface area contributed by atoms with Crippen LogP contribution in [0.4, 0.5) is 5.69 Å². The number of carbonyl (C=O) groups excluding carboxylic acids is 1. The monoisotopic (exact) mass is 422 g/mol. The van der Waals surface area contributed by atoms with Crippen LogP contribution in [0.1, 0.15) is 52.0 Å². The number of carbonyl (C=O) groups is 1. The Morgan fingerprint density at radius 1 is 1.18 bits per heavy atom. The number of rotatable bonds is 7. The van der Waals surface area contributed by atoms with E-state index in [1.54, 1.807) is 0 Å². The van der Waals surface area contributed by atoms with E-state index in [1.165, 1.54) is 17.3 Å². The first-order valence-electron chi connectivity index (χ1n) is 10.3. The normalized spacial score (nSPS) is 24.9. The molecule has 1 aromatic carbocycles. The van der Waals surface area contributed by atoms with Crippen LogP contribution in [0.15, 0.2) is 29.3 Å². The van der Waals surface area contributed by atoms with E-state index < -0.39 is 9.84 Å². The number of benzene rings is 1. The predicted octanol–water partition coefficient (Wildman–Crippen LogP) is 4.07. The highest BCUT2D eigenvalue weighted by atomic mass is 32.2. The summed E-state index contributed by atoms with van der Waals surface area (Å²) >= 11 is 1.45. The van der Waals surface area contributed by atoms with Gasteiger partial charge in [0.15, 0.2) is 15.0 Å². The number of fused-ring (bicyclic) bond motifs is 1. The number of aryl methyl sites for hydroxylation is 1. The Bertz CT molecular complexity index is 830. The lowest BCUT2D eigenvalue weighted by Gasteiger charge is -2.25. The molecular weight excluding hydrogens is 392 g/mol. The number of aliphatic imine (C=N–C) groups is 1. The van der Waals surface area contributed by atoms with E-state index in [2.05, 4.69) is 24.0 Å². The predicted molar refractivity (Wildman–Crippen MR) is 118 cm³/mol. The molecule has 7 heteroatoms. The smallest absolute Gasteiger partial charge is 0.251 e. The molecule has 0 aliphatic carbocycles. The first-order valence-corrected chi connectivity index (χ1v) is 13.0. The summed E-state index contributed by atoms with van der Waals surface area (Å²) in [5.41, 5.74) is 2.20. The van der Waals surface area contributed by atoms with Gasteiger partial charge in [0.1, 0.15) is 0 Å². The second-order valence-electron chi connectivity index (χ2n) is 7.69. The van der Waals surface area contributed by atoms with Gasteiger partial charge in [-0.1, -0.05) is 51.1 Å². The maximum atomic E-state index is 12.6. The van der Waals surface area contributed by atoms with Crippen LogP contribution in [0.2, 0.25) is 0 Å². The maximum absolute atomic E-state index is 12.6. The van der Waals surface area contributed by atoms with Crippen LogP contribution in [0.5, 0.6) is 0 Å². The standard InChI is InChI=1S/C21H30N2O3S2/c1-4-7-8-15-9-11-17(12-10-15)23-18-13-28(25,26)14-19(18)27-21(23)22-20(24)16(5-2)6-3/h9-12,16,18-19H,4-8,13-14H2,1-3H3. The molecule has 0 N–H and O–H groups in total. The topological polar surface area (TPSA) is 66.8 Å². The van der Waals surface area contributed by atoms with Gasteiger partial charge in [-0.15, -0.1) is 0 Å². The molecule has 28 heavy (non-hydrogen) atoms. The quantitative estimate of drug-likeness (QED) is 0.663. The van der Waals surface area contributed by atoms with E-state index in [-0.39, 0.29) is 34.6 Å². The van der Waals surface area contributed by atoms with Crippen LogP contribution >= 0.6 is 11.8 Å². The van der Waals surface area contributed by atoms with Gasteiger partial charge in [0.05, 0.1) is 17.5 Å². The Morgan fingerprint density at radius 3 is 2.46 bits per heavy atom. The van der Waals surface area contributed by atoms with Crippen molar-refractivity contribution in [1.82, 2.24) is 0 Å². The Hall–Kier alpha value is -1.34. The van der Waals surface area contributed by atoms with Crippen LogP contribution in [0, 0.1) is 5.92 Å². The molecule has 154 valence electrons. The fourth-order valence-electron chi connectivity index (χ4n) is 3.89. The van der Waals surface area contributed by atoms with Gasteiger partial charge in [0, 0.05) is 16.9 Å². The van der Waals surface area contributed by atoms with Crippen molar-refractivity contribution in [3.05, 3.63) is 29.8 Å². The highest BCUT2D eigenvalue weighted by Crippen LogP contribution is 2.41. The Morgan fingerprint density at radius 2 is 1.86 bits per heavy atom. The first-order chi connectivity index (χ1) is 13.4. The van der Waals surface area contributed by atoms with Gasteiger partial charge < -0.3 is 4.90 Å². The zero-order valence-corrected chi connectivity index (χ0v) is 18.6. The number of hydrogen-bond donors (Lipinski definition) is 0. The molecule has 2 heterocycles. The summed E-state index contributed by atoms with van der Waals surface area (Å²) in [4.78, 5) is 19.1. The Balaban J connectivity index is 1.91. The van der Waals surface area contributed by atoms with Crippen LogP contribution < -0.4 is 4.90 Å². The summed E-state index contributed by atoms with van der Waals surface area (Å²) in [6.45, 7) is 6.18. The van der Waals surface area contributed by atoms with E-state index in [0.717, 1.165) is 37.8 Å². The Kier molecular flexibility index (Phi) is 6.86. The number of anilines is 1. The molecule has 2 aliphatic heterocycles. The fourth-order valence-corrected chi connectivity index (χ4v) is 7.81. The Labute approximate surface area is 172 Å². The first kappa shape index (κ1) is 21.4. The minimum atomic E-state index is -3.05. The van der Waals surface area contributed by atoms with Crippen LogP contribution in [0.3, 0.4) is 0 Å². The lowest BCUT2D eigenvalue weighted by atomic mass is 10.0. The van der Waals surface area contributed by atoms with Crippen LogP contribution in [-0.2, 0) is 21.1 Å². The molecule has 2 unspecified atom stereocenters. The summed E-state index contributed by atoms with van der Waals surface area (Å²) < 4.78 is 24.4. The highest BCUT2D eigenvalue weighted by molar-refractivity contribution is 8.16. The molecule has 0 radical (unpaired) electrons. The summed E-state index contributed by atoms with van der Waals surface area (Å²) in [6.07, 6.45) is 4.88. The van der Waals surface area contributed by atoms with E-state index in [0.29, 0.717) is 5.17 Å². The van der Waals surface area contributed by atoms with E-state index >= 15 is 0 Å². The number of amides is 1. The fraction of sp³-hybridized carbons (Fsp3) is 0.619. The molecule has 5 nitrogen and oxygen atoms in total. The average molecular weight is 423 g/mol. The van der Waals surface area contributed by atoms with Crippen molar-refractivity contribution in [1.29, 1.82) is 0 Å². The minimum absolute atomic E-state index is 0.0574. The molecule has 3 rings (SSSR count). The molecule has 2 saturated heterocycles. The van der Waals surface area contributed by atoms with Crippen molar-refractivity contribution in [2.24, 2.45) is 10.9 Å². The van der Waals surface area contributed by atoms with Gasteiger partial charge in [-0.2, -0.15) is 4.99 Å². The van der Waals surface area contributed by atoms with Crippen molar-refractivity contribution in [2.75, 3.05) is 16.4 Å². The summed E-state index contributed by atoms with van der Waals surface area (Å²) in [6, 6.07) is 8.13. The van der Waals surface area contributed by atoms with Crippen LogP contribution in [0.25, 0.3) is 0 Å². The average Bonchev–Trinajstić information content (AvgIpc) is 3.12. The molecule has 0 saturated carbocycles. The van der Waals surface area contributed by atoms with Crippen molar-refractivity contribution in [3.63, 3.8) is 0 Å². The summed E-state index contributed by atoms with van der Waals surface area (Å²) in [5.74, 6) is 0.113. The second kappa shape index (κ2) is 8.99. The van der Waals surface area contributed by atoms with Crippen LogP contribution in [-0.4, -0.2) is 42.3 Å². The van der Waals surface area contributed by atoms with Crippen molar-refractivity contribution < 1.29 is 13.2 Å². The molecular formula is C21H30N2O3S2. The third-order valence-corrected chi connectivity index (χ3v) is 8.85. The second-order valence-corrected chi connectivity index (χ2v) is 11.0. The molecule has 1 aromatic rings. The molecule has 2 fully saturated rings. The van der Waals surface area contributed by atoms with E-state index in [4.69, 9.17) is 0 Å². The molecule has 1 amide bonds. The van der Waals surface area contributed by atoms with Gasteiger partial charge in [-0.3, -0.25) is 4.79 Å². The molecule has 2 atom stereocenters. The largest absolute Gasteiger partial charge is 0.316 e. The van der Waals surface area contributed by atoms with Gasteiger partial charge in [0.2, 0.25) is 0 Å². The number of hydrogen-bond acceptors (Lipinski definition) is 4. The molecule has 0 bridgehead atoms.